The lowest BCUT2D eigenvalue weighted by Gasteiger charge is -2.06. The number of hydrogen-bond acceptors (Lipinski definition) is 4. The van der Waals surface area contributed by atoms with Gasteiger partial charge in [-0.2, -0.15) is 0 Å². The fraction of sp³-hybridized carbons (Fsp3) is 0.185. The number of carbonyl (C=O) groups is 2. The van der Waals surface area contributed by atoms with E-state index in [1.165, 1.54) is 6.20 Å². The van der Waals surface area contributed by atoms with E-state index in [0.717, 1.165) is 17.5 Å². The Hall–Kier alpha value is -3.48. The number of aliphatic imine (C=N–C) groups is 2. The van der Waals surface area contributed by atoms with Gasteiger partial charge < -0.3 is 10.4 Å². The largest absolute Gasteiger partial charge is 0.481 e. The standard InChI is InChI=1S/C27H27Cl2N3O3/c28-24-11-7-21(8-12-24)19-31-17-4-5-23(15-18-30-16-3-1-2-6-26(33)34)27(35)32-20-22-9-13-25(29)14-10-22/h4-5,7-19H,1-3,6,20H2,(H,32,35)(H,33,34)/b17-4+,18-15+,23-5+,30-16?,31-19?. The predicted octanol–water partition coefficient (Wildman–Crippen LogP) is 6.40. The predicted molar refractivity (Wildman–Crippen MR) is 143 cm³/mol. The average Bonchev–Trinajstić information content (AvgIpc) is 2.84. The third-order valence-electron chi connectivity index (χ3n) is 4.59. The number of rotatable bonds is 13. The molecular formula is C27H27Cl2N3O3. The Morgan fingerprint density at radius 3 is 2.29 bits per heavy atom. The van der Waals surface area contributed by atoms with Gasteiger partial charge in [0.15, 0.2) is 0 Å². The van der Waals surface area contributed by atoms with Gasteiger partial charge in [0.2, 0.25) is 0 Å². The number of nitrogens with one attached hydrogen (secondary N) is 1. The first-order valence-electron chi connectivity index (χ1n) is 11.0. The highest BCUT2D eigenvalue weighted by atomic mass is 35.5. The zero-order chi connectivity index (χ0) is 25.3. The van der Waals surface area contributed by atoms with Crippen LogP contribution in [0.1, 0.15) is 36.8 Å². The smallest absolute Gasteiger partial charge is 0.303 e. The molecule has 0 atom stereocenters. The van der Waals surface area contributed by atoms with Crippen LogP contribution in [-0.2, 0) is 16.1 Å². The van der Waals surface area contributed by atoms with E-state index in [4.69, 9.17) is 28.3 Å². The molecule has 0 aromatic heterocycles. The molecule has 0 spiro atoms. The molecule has 0 bridgehead atoms. The average molecular weight is 512 g/mol. The monoisotopic (exact) mass is 511 g/mol. The highest BCUT2D eigenvalue weighted by molar-refractivity contribution is 6.30. The van der Waals surface area contributed by atoms with Crippen LogP contribution in [0.5, 0.6) is 0 Å². The second kappa shape index (κ2) is 16.2. The van der Waals surface area contributed by atoms with Gasteiger partial charge >= 0.3 is 5.97 Å². The molecule has 0 aliphatic carbocycles. The summed E-state index contributed by atoms with van der Waals surface area (Å²) in [5.74, 6) is -1.06. The first-order chi connectivity index (χ1) is 16.9. The van der Waals surface area contributed by atoms with Gasteiger partial charge in [-0.1, -0.05) is 47.5 Å². The van der Waals surface area contributed by atoms with Crippen molar-refractivity contribution >= 4 is 47.5 Å². The van der Waals surface area contributed by atoms with Crippen molar-refractivity contribution in [1.82, 2.24) is 5.32 Å². The van der Waals surface area contributed by atoms with Gasteiger partial charge in [0.25, 0.3) is 5.91 Å². The molecule has 0 saturated carbocycles. The minimum atomic E-state index is -0.799. The number of benzene rings is 2. The van der Waals surface area contributed by atoms with E-state index in [2.05, 4.69) is 15.3 Å². The second-order valence-corrected chi connectivity index (χ2v) is 8.26. The van der Waals surface area contributed by atoms with Crippen LogP contribution < -0.4 is 5.32 Å². The van der Waals surface area contributed by atoms with Crippen molar-refractivity contribution in [3.63, 3.8) is 0 Å². The zero-order valence-electron chi connectivity index (χ0n) is 19.1. The molecule has 182 valence electrons. The van der Waals surface area contributed by atoms with Crippen LogP contribution in [0.2, 0.25) is 10.0 Å². The lowest BCUT2D eigenvalue weighted by molar-refractivity contribution is -0.137. The van der Waals surface area contributed by atoms with Crippen LogP contribution >= 0.6 is 23.2 Å². The van der Waals surface area contributed by atoms with E-state index >= 15 is 0 Å². The summed E-state index contributed by atoms with van der Waals surface area (Å²) >= 11 is 11.8. The number of aliphatic carboxylic acids is 1. The molecule has 2 aromatic carbocycles. The van der Waals surface area contributed by atoms with E-state index in [1.54, 1.807) is 61.1 Å². The van der Waals surface area contributed by atoms with E-state index in [1.807, 2.05) is 24.3 Å². The van der Waals surface area contributed by atoms with Gasteiger partial charge in [-0.3, -0.25) is 19.6 Å². The number of unbranched alkanes of at least 4 members (excludes halogenated alkanes) is 2. The number of carboxylic acid groups (broad SMARTS) is 1. The molecule has 8 heteroatoms. The number of hydrogen-bond donors (Lipinski definition) is 2. The molecule has 0 heterocycles. The fourth-order valence-electron chi connectivity index (χ4n) is 2.74. The topological polar surface area (TPSA) is 91.1 Å². The van der Waals surface area contributed by atoms with Gasteiger partial charge in [0, 0.05) is 53.4 Å². The summed E-state index contributed by atoms with van der Waals surface area (Å²) in [6, 6.07) is 14.5. The van der Waals surface area contributed by atoms with Crippen LogP contribution in [-0.4, -0.2) is 29.4 Å². The van der Waals surface area contributed by atoms with Crippen molar-refractivity contribution in [1.29, 1.82) is 0 Å². The van der Waals surface area contributed by atoms with E-state index < -0.39 is 5.97 Å². The molecule has 0 aliphatic rings. The van der Waals surface area contributed by atoms with Crippen molar-refractivity contribution in [2.75, 3.05) is 0 Å². The number of nitrogens with zero attached hydrogens (tertiary/aromatic N) is 2. The molecule has 2 aromatic rings. The Labute approximate surface area is 215 Å². The Morgan fingerprint density at radius 2 is 1.60 bits per heavy atom. The van der Waals surface area contributed by atoms with Crippen LogP contribution in [0.25, 0.3) is 0 Å². The SMILES string of the molecule is O=C(O)CCCCC=N/C=C/C(=C\C=C\N=Cc1ccc(Cl)cc1)C(=O)NCc1ccc(Cl)cc1. The van der Waals surface area contributed by atoms with Gasteiger partial charge in [0.1, 0.15) is 0 Å². The Morgan fingerprint density at radius 1 is 0.914 bits per heavy atom. The summed E-state index contributed by atoms with van der Waals surface area (Å²) < 4.78 is 0. The third kappa shape index (κ3) is 12.5. The van der Waals surface area contributed by atoms with Crippen molar-refractivity contribution in [3.05, 3.63) is 106 Å². The Bertz CT molecular complexity index is 1100. The summed E-state index contributed by atoms with van der Waals surface area (Å²) in [5, 5.41) is 12.8. The minimum Gasteiger partial charge on any atom is -0.481 e. The molecule has 6 nitrogen and oxygen atoms in total. The molecule has 1 amide bonds. The summed E-state index contributed by atoms with van der Waals surface area (Å²) in [6.45, 7) is 0.354. The molecule has 2 rings (SSSR count). The number of carboxylic acids is 1. The maximum absolute atomic E-state index is 12.7. The quantitative estimate of drug-likeness (QED) is 0.141. The van der Waals surface area contributed by atoms with Crippen molar-refractivity contribution in [3.8, 4) is 0 Å². The first kappa shape index (κ1) is 27.8. The number of amides is 1. The summed E-state index contributed by atoms with van der Waals surface area (Å²) in [4.78, 5) is 31.6. The van der Waals surface area contributed by atoms with Crippen molar-refractivity contribution < 1.29 is 14.7 Å². The maximum atomic E-state index is 12.7. The molecule has 2 N–H and O–H groups in total. The van der Waals surface area contributed by atoms with Gasteiger partial charge in [-0.05, 0) is 72.9 Å². The summed E-state index contributed by atoms with van der Waals surface area (Å²) in [7, 11) is 0. The van der Waals surface area contributed by atoms with Crippen LogP contribution in [0.4, 0.5) is 0 Å². The summed E-state index contributed by atoms with van der Waals surface area (Å²) in [6.07, 6.45) is 13.6. The van der Waals surface area contributed by atoms with Crippen molar-refractivity contribution in [2.45, 2.75) is 32.2 Å². The highest BCUT2D eigenvalue weighted by Crippen LogP contribution is 2.10. The maximum Gasteiger partial charge on any atom is 0.303 e. The van der Waals surface area contributed by atoms with Crippen molar-refractivity contribution in [2.24, 2.45) is 9.98 Å². The molecule has 0 unspecified atom stereocenters. The summed E-state index contributed by atoms with van der Waals surface area (Å²) in [5.41, 5.74) is 2.23. The lowest BCUT2D eigenvalue weighted by atomic mass is 10.2. The number of allylic oxidation sites excluding steroid dienone is 2. The van der Waals surface area contributed by atoms with Gasteiger partial charge in [-0.25, -0.2) is 0 Å². The lowest BCUT2D eigenvalue weighted by Crippen LogP contribution is -2.23. The molecule has 35 heavy (non-hydrogen) atoms. The normalized spacial score (nSPS) is 12.3. The van der Waals surface area contributed by atoms with Crippen LogP contribution in [0.3, 0.4) is 0 Å². The van der Waals surface area contributed by atoms with E-state index in [9.17, 15) is 9.59 Å². The molecule has 0 radical (unpaired) electrons. The van der Waals surface area contributed by atoms with E-state index in [0.29, 0.717) is 35.0 Å². The van der Waals surface area contributed by atoms with Gasteiger partial charge in [0.05, 0.1) is 0 Å². The molecule has 0 fully saturated rings. The molecule has 0 aliphatic heterocycles. The number of halogens is 2. The molecule has 0 saturated heterocycles. The number of carbonyl (C=O) groups excluding carboxylic acids is 1. The van der Waals surface area contributed by atoms with Crippen LogP contribution in [0.15, 0.2) is 94.7 Å². The van der Waals surface area contributed by atoms with Crippen LogP contribution in [0, 0.1) is 0 Å². The highest BCUT2D eigenvalue weighted by Gasteiger charge is 2.05. The Balaban J connectivity index is 1.99. The zero-order valence-corrected chi connectivity index (χ0v) is 20.6. The minimum absolute atomic E-state index is 0.150. The fourth-order valence-corrected chi connectivity index (χ4v) is 2.99. The van der Waals surface area contributed by atoms with Gasteiger partial charge in [-0.15, -0.1) is 0 Å². The first-order valence-corrected chi connectivity index (χ1v) is 11.8. The Kier molecular flexibility index (Phi) is 12.8. The third-order valence-corrected chi connectivity index (χ3v) is 5.09. The van der Waals surface area contributed by atoms with E-state index in [-0.39, 0.29) is 12.3 Å². The second-order valence-electron chi connectivity index (χ2n) is 7.39. The molecular weight excluding hydrogens is 485 g/mol.